The fourth-order valence-corrected chi connectivity index (χ4v) is 8.97. The van der Waals surface area contributed by atoms with Crippen LogP contribution < -0.4 is 0 Å². The first-order valence-electron chi connectivity index (χ1n) is 20.8. The van der Waals surface area contributed by atoms with E-state index in [4.69, 9.17) is 0 Å². The zero-order valence-electron chi connectivity index (χ0n) is 31.4. The van der Waals surface area contributed by atoms with Gasteiger partial charge < -0.3 is 35.7 Å². The van der Waals surface area contributed by atoms with Crippen LogP contribution in [0.25, 0.3) is 0 Å². The molecule has 288 valence electrons. The van der Waals surface area contributed by atoms with Crippen molar-refractivity contribution >= 4 is 0 Å². The molecule has 0 aliphatic heterocycles. The Morgan fingerprint density at radius 1 is 0.312 bits per heavy atom. The van der Waals surface area contributed by atoms with E-state index in [1.54, 1.807) is 0 Å². The third-order valence-electron chi connectivity index (χ3n) is 12.6. The van der Waals surface area contributed by atoms with Crippen LogP contribution in [0.15, 0.2) is 0 Å². The van der Waals surface area contributed by atoms with E-state index in [9.17, 15) is 35.7 Å². The van der Waals surface area contributed by atoms with Gasteiger partial charge in [-0.3, -0.25) is 0 Å². The molecule has 1 aliphatic carbocycles. The van der Waals surface area contributed by atoms with Gasteiger partial charge in [-0.2, -0.15) is 0 Å². The first kappa shape index (κ1) is 45.7. The molecule has 7 nitrogen and oxygen atoms in total. The lowest BCUT2D eigenvalue weighted by molar-refractivity contribution is -0.234. The van der Waals surface area contributed by atoms with Crippen LogP contribution >= 0.6 is 0 Å². The maximum atomic E-state index is 10.9. The number of hydrogen-bond donors (Lipinski definition) is 7. The summed E-state index contributed by atoms with van der Waals surface area (Å²) in [6, 6.07) is 0. The average Bonchev–Trinajstić information content (AvgIpc) is 3.12. The zero-order valence-corrected chi connectivity index (χ0v) is 31.4. The van der Waals surface area contributed by atoms with Crippen LogP contribution in [-0.4, -0.2) is 82.0 Å². The molecule has 0 aromatic heterocycles. The van der Waals surface area contributed by atoms with Crippen molar-refractivity contribution in [1.82, 2.24) is 0 Å². The minimum absolute atomic E-state index is 0.324. The molecule has 48 heavy (non-hydrogen) atoms. The minimum atomic E-state index is -1.59. The summed E-state index contributed by atoms with van der Waals surface area (Å²) in [6.07, 6.45) is 35.6. The smallest absolute Gasteiger partial charge is 0.0523 e. The lowest BCUT2D eigenvalue weighted by Gasteiger charge is -2.59. The Balaban J connectivity index is 2.86. The number of aliphatic hydroxyl groups is 7. The van der Waals surface area contributed by atoms with Crippen molar-refractivity contribution in [3.63, 3.8) is 0 Å². The molecule has 0 bridgehead atoms. The summed E-state index contributed by atoms with van der Waals surface area (Å²) < 4.78 is 0. The Morgan fingerprint density at radius 3 is 0.812 bits per heavy atom. The minimum Gasteiger partial charge on any atom is -0.396 e. The Bertz CT molecular complexity index is 690. The van der Waals surface area contributed by atoms with Gasteiger partial charge in [0.1, 0.15) is 0 Å². The molecule has 0 aromatic carbocycles. The van der Waals surface area contributed by atoms with Crippen LogP contribution in [0, 0.1) is 22.2 Å². The highest BCUT2D eigenvalue weighted by Gasteiger charge is 2.63. The van der Waals surface area contributed by atoms with Gasteiger partial charge in [0.05, 0.1) is 39.6 Å². The van der Waals surface area contributed by atoms with Crippen molar-refractivity contribution in [3.05, 3.63) is 0 Å². The first-order valence-corrected chi connectivity index (χ1v) is 20.8. The topological polar surface area (TPSA) is 142 Å². The summed E-state index contributed by atoms with van der Waals surface area (Å²) in [4.78, 5) is 0. The number of aliphatic hydroxyl groups excluding tert-OH is 7. The van der Waals surface area contributed by atoms with E-state index >= 15 is 0 Å². The van der Waals surface area contributed by atoms with E-state index in [0.717, 1.165) is 38.5 Å². The van der Waals surface area contributed by atoms with Gasteiger partial charge in [0.25, 0.3) is 0 Å². The summed E-state index contributed by atoms with van der Waals surface area (Å²) in [6.45, 7) is -3.70. The fraction of sp³-hybridized carbons (Fsp3) is 1.00. The molecule has 1 atom stereocenters. The molecule has 1 saturated carbocycles. The van der Waals surface area contributed by atoms with Crippen molar-refractivity contribution in [2.24, 2.45) is 22.2 Å². The average molecular weight is 687 g/mol. The summed E-state index contributed by atoms with van der Waals surface area (Å²) >= 11 is 0. The Hall–Kier alpha value is -0.280. The van der Waals surface area contributed by atoms with Gasteiger partial charge in [-0.15, -0.1) is 0 Å². The van der Waals surface area contributed by atoms with Crippen LogP contribution in [-0.2, 0) is 0 Å². The van der Waals surface area contributed by atoms with Crippen molar-refractivity contribution in [2.45, 2.75) is 193 Å². The first-order chi connectivity index (χ1) is 23.5. The predicted molar refractivity (Wildman–Crippen MR) is 199 cm³/mol. The second kappa shape index (κ2) is 29.3. The lowest BCUT2D eigenvalue weighted by atomic mass is 9.46. The zero-order chi connectivity index (χ0) is 35.2. The standard InChI is InChI=1S/C41H82O7/c42-31-38-29-27-25-23-21-19-17-15-13-11-9-7-5-3-1-2-4-6-8-10-12-14-16-18-20-22-24-26-28-30-39(32-43,33-44)41(36-47,37-48)40(38,34-45)35-46/h38,42-48H,1-37H2. The van der Waals surface area contributed by atoms with Crippen LogP contribution in [0.4, 0.5) is 0 Å². The SMILES string of the molecule is OCC1CCCCCCCCCCCCCCCCCCCCCCCCCCCCCCC(CO)(CO)C(CO)(CO)C1(CO)CO. The molecule has 7 N–H and O–H groups in total. The summed E-state index contributed by atoms with van der Waals surface area (Å²) in [5.74, 6) is -0.605. The van der Waals surface area contributed by atoms with Crippen molar-refractivity contribution in [1.29, 1.82) is 0 Å². The van der Waals surface area contributed by atoms with Crippen molar-refractivity contribution in [3.8, 4) is 0 Å². The number of rotatable bonds is 7. The Kier molecular flexibility index (Phi) is 27.9. The van der Waals surface area contributed by atoms with Gasteiger partial charge in [-0.1, -0.05) is 180 Å². The molecule has 0 heterocycles. The summed E-state index contributed by atoms with van der Waals surface area (Å²) in [5, 5.41) is 75.7. The van der Waals surface area contributed by atoms with Crippen molar-refractivity contribution in [2.75, 3.05) is 46.2 Å². The molecule has 1 aliphatic rings. The maximum absolute atomic E-state index is 10.9. The predicted octanol–water partition coefficient (Wildman–Crippen LogP) is 8.22. The van der Waals surface area contributed by atoms with Gasteiger partial charge in [-0.05, 0) is 18.8 Å². The van der Waals surface area contributed by atoms with Gasteiger partial charge in [0.15, 0.2) is 0 Å². The molecule has 7 heteroatoms. The van der Waals surface area contributed by atoms with Gasteiger partial charge in [-0.25, -0.2) is 0 Å². The van der Waals surface area contributed by atoms with E-state index in [2.05, 4.69) is 0 Å². The highest BCUT2D eigenvalue weighted by atomic mass is 16.3. The maximum Gasteiger partial charge on any atom is 0.0523 e. The lowest BCUT2D eigenvalue weighted by Crippen LogP contribution is -2.66. The normalized spacial score (nSPS) is 25.4. The van der Waals surface area contributed by atoms with Gasteiger partial charge in [0.2, 0.25) is 0 Å². The molecule has 0 spiro atoms. The van der Waals surface area contributed by atoms with Crippen LogP contribution in [0.5, 0.6) is 0 Å². The molecular formula is C41H82O7. The highest BCUT2D eigenvalue weighted by molar-refractivity contribution is 5.10. The Labute approximate surface area is 296 Å². The van der Waals surface area contributed by atoms with E-state index in [1.165, 1.54) is 135 Å². The summed E-state index contributed by atoms with van der Waals surface area (Å²) in [7, 11) is 0. The quantitative estimate of drug-likeness (QED) is 0.143. The third kappa shape index (κ3) is 15.1. The number of hydrogen-bond acceptors (Lipinski definition) is 7. The van der Waals surface area contributed by atoms with Gasteiger partial charge in [0, 0.05) is 22.9 Å². The van der Waals surface area contributed by atoms with E-state index in [0.29, 0.717) is 19.3 Å². The molecular weight excluding hydrogens is 604 g/mol. The third-order valence-corrected chi connectivity index (χ3v) is 12.6. The second-order valence-corrected chi connectivity index (χ2v) is 15.8. The molecule has 1 rings (SSSR count). The fourth-order valence-electron chi connectivity index (χ4n) is 8.97. The van der Waals surface area contributed by atoms with Crippen LogP contribution in [0.1, 0.15) is 193 Å². The molecule has 0 aromatic rings. The molecule has 0 saturated heterocycles. The molecule has 1 fully saturated rings. The second-order valence-electron chi connectivity index (χ2n) is 15.8. The monoisotopic (exact) mass is 687 g/mol. The van der Waals surface area contributed by atoms with Crippen molar-refractivity contribution < 1.29 is 35.7 Å². The highest BCUT2D eigenvalue weighted by Crippen LogP contribution is 2.57. The van der Waals surface area contributed by atoms with E-state index in [1.807, 2.05) is 0 Å². The van der Waals surface area contributed by atoms with E-state index in [-0.39, 0.29) is 6.61 Å². The van der Waals surface area contributed by atoms with Gasteiger partial charge >= 0.3 is 0 Å². The molecule has 1 unspecified atom stereocenters. The Morgan fingerprint density at radius 2 is 0.583 bits per heavy atom. The summed E-state index contributed by atoms with van der Waals surface area (Å²) in [5.41, 5.74) is -4.39. The van der Waals surface area contributed by atoms with Crippen LogP contribution in [0.3, 0.4) is 0 Å². The molecule has 0 amide bonds. The van der Waals surface area contributed by atoms with E-state index < -0.39 is 61.8 Å². The largest absolute Gasteiger partial charge is 0.396 e. The molecule has 0 radical (unpaired) electrons. The van der Waals surface area contributed by atoms with Crippen LogP contribution in [0.2, 0.25) is 0 Å².